The minimum Gasteiger partial charge on any atom is -0.482 e. The number of benzene rings is 2. The molecule has 29 heavy (non-hydrogen) atoms. The Labute approximate surface area is 169 Å². The Hall–Kier alpha value is -2.99. The van der Waals surface area contributed by atoms with Gasteiger partial charge < -0.3 is 4.74 Å². The SMILES string of the molecule is O=C(NC(=O)[C@H]1CCCN1CC(=O)C1CCc2ccccc2O1)c1ccccc1. The van der Waals surface area contributed by atoms with Crippen molar-refractivity contribution >= 4 is 17.6 Å². The fourth-order valence-electron chi connectivity index (χ4n) is 4.02. The van der Waals surface area contributed by atoms with Crippen molar-refractivity contribution in [1.82, 2.24) is 10.2 Å². The van der Waals surface area contributed by atoms with E-state index in [2.05, 4.69) is 5.32 Å². The van der Waals surface area contributed by atoms with E-state index in [9.17, 15) is 14.4 Å². The molecular formula is C23H24N2O4. The summed E-state index contributed by atoms with van der Waals surface area (Å²) in [5.41, 5.74) is 1.56. The van der Waals surface area contributed by atoms with Crippen molar-refractivity contribution in [2.24, 2.45) is 0 Å². The molecule has 2 amide bonds. The fraction of sp³-hybridized carbons (Fsp3) is 0.348. The molecule has 6 heteroatoms. The van der Waals surface area contributed by atoms with Gasteiger partial charge in [-0.25, -0.2) is 0 Å². The summed E-state index contributed by atoms with van der Waals surface area (Å²) < 4.78 is 5.89. The lowest BCUT2D eigenvalue weighted by molar-refractivity contribution is -0.130. The van der Waals surface area contributed by atoms with E-state index in [1.807, 2.05) is 35.2 Å². The first-order valence-corrected chi connectivity index (χ1v) is 10.0. The smallest absolute Gasteiger partial charge is 0.257 e. The summed E-state index contributed by atoms with van der Waals surface area (Å²) in [7, 11) is 0. The average molecular weight is 392 g/mol. The van der Waals surface area contributed by atoms with Crippen molar-refractivity contribution in [3.8, 4) is 5.75 Å². The van der Waals surface area contributed by atoms with Crippen molar-refractivity contribution in [3.05, 3.63) is 65.7 Å². The number of Topliss-reactive ketones (excluding diaryl/α,β-unsaturated/α-hetero) is 1. The van der Waals surface area contributed by atoms with Crippen LogP contribution in [0.5, 0.6) is 5.75 Å². The Bertz CT molecular complexity index is 912. The number of carbonyl (C=O) groups is 3. The Balaban J connectivity index is 1.35. The third-order valence-corrected chi connectivity index (χ3v) is 5.57. The van der Waals surface area contributed by atoms with Gasteiger partial charge in [0.05, 0.1) is 12.6 Å². The molecule has 2 atom stereocenters. The van der Waals surface area contributed by atoms with E-state index >= 15 is 0 Å². The van der Waals surface area contributed by atoms with Gasteiger partial charge in [-0.05, 0) is 56.0 Å². The minimum absolute atomic E-state index is 0.0198. The fourth-order valence-corrected chi connectivity index (χ4v) is 4.02. The molecule has 0 spiro atoms. The van der Waals surface area contributed by atoms with Crippen LogP contribution in [0.1, 0.15) is 35.2 Å². The van der Waals surface area contributed by atoms with Gasteiger partial charge in [0.25, 0.3) is 5.91 Å². The molecule has 1 fully saturated rings. The molecule has 0 radical (unpaired) electrons. The van der Waals surface area contributed by atoms with Crippen molar-refractivity contribution in [2.75, 3.05) is 13.1 Å². The number of nitrogens with zero attached hydrogens (tertiary/aromatic N) is 1. The minimum atomic E-state index is -0.486. The molecule has 2 aliphatic heterocycles. The second kappa shape index (κ2) is 8.57. The van der Waals surface area contributed by atoms with Crippen LogP contribution in [-0.2, 0) is 16.0 Å². The van der Waals surface area contributed by atoms with Gasteiger partial charge in [-0.1, -0.05) is 36.4 Å². The van der Waals surface area contributed by atoms with Gasteiger partial charge >= 0.3 is 0 Å². The standard InChI is InChI=1S/C23H24N2O4/c26-19(21-13-12-16-7-4-5-11-20(16)29-21)15-25-14-6-10-18(25)23(28)24-22(27)17-8-2-1-3-9-17/h1-5,7-9,11,18,21H,6,10,12-15H2,(H,24,27,28)/t18-,21?/m1/s1. The first kappa shape index (κ1) is 19.3. The molecule has 6 nitrogen and oxygen atoms in total. The number of amides is 2. The Kier molecular flexibility index (Phi) is 5.71. The number of fused-ring (bicyclic) bond motifs is 1. The summed E-state index contributed by atoms with van der Waals surface area (Å²) >= 11 is 0. The predicted octanol–water partition coefficient (Wildman–Crippen LogP) is 2.37. The topological polar surface area (TPSA) is 75.7 Å². The summed E-state index contributed by atoms with van der Waals surface area (Å²) in [5, 5.41) is 2.47. The maximum absolute atomic E-state index is 12.8. The highest BCUT2D eigenvalue weighted by Gasteiger charge is 2.35. The molecule has 1 saturated heterocycles. The zero-order valence-corrected chi connectivity index (χ0v) is 16.2. The highest BCUT2D eigenvalue weighted by molar-refractivity contribution is 6.06. The largest absolute Gasteiger partial charge is 0.482 e. The molecular weight excluding hydrogens is 368 g/mol. The van der Waals surface area contributed by atoms with E-state index < -0.39 is 18.1 Å². The van der Waals surface area contributed by atoms with Gasteiger partial charge in [-0.15, -0.1) is 0 Å². The van der Waals surface area contributed by atoms with Crippen LogP contribution in [0.3, 0.4) is 0 Å². The van der Waals surface area contributed by atoms with Crippen molar-refractivity contribution < 1.29 is 19.1 Å². The Morgan fingerprint density at radius 1 is 1.00 bits per heavy atom. The summed E-state index contributed by atoms with van der Waals surface area (Å²) in [4.78, 5) is 39.6. The number of likely N-dealkylation sites (tertiary alicyclic amines) is 1. The van der Waals surface area contributed by atoms with Crippen LogP contribution in [0, 0.1) is 0 Å². The number of carbonyl (C=O) groups excluding carboxylic acids is 3. The van der Waals surface area contributed by atoms with E-state index in [0.29, 0.717) is 24.9 Å². The van der Waals surface area contributed by atoms with E-state index in [0.717, 1.165) is 24.2 Å². The quantitative estimate of drug-likeness (QED) is 0.791. The van der Waals surface area contributed by atoms with Crippen LogP contribution < -0.4 is 10.1 Å². The van der Waals surface area contributed by atoms with Crippen molar-refractivity contribution in [1.29, 1.82) is 0 Å². The summed E-state index contributed by atoms with van der Waals surface area (Å²) in [5.74, 6) is -0.0186. The van der Waals surface area contributed by atoms with Gasteiger partial charge in [0.15, 0.2) is 11.9 Å². The number of nitrogens with one attached hydrogen (secondary N) is 1. The summed E-state index contributed by atoms with van der Waals surface area (Å²) in [6.45, 7) is 0.817. The predicted molar refractivity (Wildman–Crippen MR) is 108 cm³/mol. The van der Waals surface area contributed by atoms with E-state index in [1.165, 1.54) is 0 Å². The lowest BCUT2D eigenvalue weighted by Crippen LogP contribution is -2.48. The number of ether oxygens (including phenoxy) is 1. The zero-order chi connectivity index (χ0) is 20.2. The van der Waals surface area contributed by atoms with E-state index in [1.54, 1.807) is 24.3 Å². The van der Waals surface area contributed by atoms with Gasteiger partial charge in [-0.3, -0.25) is 24.6 Å². The number of aryl methyl sites for hydroxylation is 1. The van der Waals surface area contributed by atoms with Gasteiger partial charge in [0, 0.05) is 5.56 Å². The van der Waals surface area contributed by atoms with Crippen LogP contribution in [0.4, 0.5) is 0 Å². The second-order valence-corrected chi connectivity index (χ2v) is 7.53. The third-order valence-electron chi connectivity index (χ3n) is 5.57. The number of imide groups is 1. The van der Waals surface area contributed by atoms with Crippen molar-refractivity contribution in [2.45, 2.75) is 37.8 Å². The molecule has 4 rings (SSSR count). The van der Waals surface area contributed by atoms with E-state index in [-0.39, 0.29) is 18.2 Å². The Morgan fingerprint density at radius 2 is 1.76 bits per heavy atom. The first-order valence-electron chi connectivity index (χ1n) is 10.0. The number of rotatable bonds is 5. The van der Waals surface area contributed by atoms with Crippen LogP contribution >= 0.6 is 0 Å². The number of para-hydroxylation sites is 1. The Morgan fingerprint density at radius 3 is 2.59 bits per heavy atom. The monoisotopic (exact) mass is 392 g/mol. The molecule has 0 bridgehead atoms. The molecule has 1 N–H and O–H groups in total. The molecule has 2 aromatic rings. The highest BCUT2D eigenvalue weighted by Crippen LogP contribution is 2.28. The summed E-state index contributed by atoms with van der Waals surface area (Å²) in [6.07, 6.45) is 2.42. The third kappa shape index (κ3) is 4.38. The molecule has 150 valence electrons. The maximum atomic E-state index is 12.8. The number of hydrogen-bond acceptors (Lipinski definition) is 5. The van der Waals surface area contributed by atoms with Gasteiger partial charge in [0.2, 0.25) is 5.91 Å². The highest BCUT2D eigenvalue weighted by atomic mass is 16.5. The van der Waals surface area contributed by atoms with Gasteiger partial charge in [-0.2, -0.15) is 0 Å². The van der Waals surface area contributed by atoms with Crippen LogP contribution in [0.2, 0.25) is 0 Å². The zero-order valence-electron chi connectivity index (χ0n) is 16.2. The maximum Gasteiger partial charge on any atom is 0.257 e. The molecule has 2 heterocycles. The number of ketones is 1. The van der Waals surface area contributed by atoms with Crippen LogP contribution in [-0.4, -0.2) is 47.7 Å². The molecule has 2 aromatic carbocycles. The molecule has 0 aliphatic carbocycles. The van der Waals surface area contributed by atoms with Crippen LogP contribution in [0.15, 0.2) is 54.6 Å². The average Bonchev–Trinajstić information content (AvgIpc) is 3.22. The first-order chi connectivity index (χ1) is 14.1. The normalized spacial score (nSPS) is 21.1. The second-order valence-electron chi connectivity index (χ2n) is 7.53. The molecule has 0 saturated carbocycles. The van der Waals surface area contributed by atoms with Crippen molar-refractivity contribution in [3.63, 3.8) is 0 Å². The van der Waals surface area contributed by atoms with Gasteiger partial charge in [0.1, 0.15) is 5.75 Å². The molecule has 1 unspecified atom stereocenters. The molecule has 0 aromatic heterocycles. The van der Waals surface area contributed by atoms with E-state index in [4.69, 9.17) is 4.74 Å². The number of hydrogen-bond donors (Lipinski definition) is 1. The lowest BCUT2D eigenvalue weighted by atomic mass is 9.99. The lowest BCUT2D eigenvalue weighted by Gasteiger charge is -2.28. The van der Waals surface area contributed by atoms with Crippen LogP contribution in [0.25, 0.3) is 0 Å². The molecule has 2 aliphatic rings. The summed E-state index contributed by atoms with van der Waals surface area (Å²) in [6, 6.07) is 15.9.